The molecule has 9 heteroatoms. The number of nitrogens with one attached hydrogen (secondary N) is 1. The molecule has 0 aliphatic rings. The van der Waals surface area contributed by atoms with Gasteiger partial charge in [-0.05, 0) is 12.1 Å². The first-order valence-corrected chi connectivity index (χ1v) is 6.51. The fraction of sp³-hybridized carbons (Fsp3) is 0.273. The third-order valence-corrected chi connectivity index (χ3v) is 3.36. The van der Waals surface area contributed by atoms with Crippen LogP contribution < -0.4 is 11.1 Å². The Kier molecular flexibility index (Phi) is 5.94. The van der Waals surface area contributed by atoms with E-state index in [0.29, 0.717) is 0 Å². The number of rotatable bonds is 7. The average Bonchev–Trinajstić information content (AvgIpc) is 2.42. The minimum absolute atomic E-state index is 0.0159. The molecule has 1 amide bonds. The third-order valence-electron chi connectivity index (χ3n) is 2.23. The number of nitrogens with two attached hydrogens (primary N) is 1. The Bertz CT molecular complexity index is 505. The maximum atomic E-state index is 11.4. The zero-order valence-electron chi connectivity index (χ0n) is 10.3. The second-order valence-corrected chi connectivity index (χ2v) is 4.87. The molecule has 0 unspecified atom stereocenters. The van der Waals surface area contributed by atoms with Crippen molar-refractivity contribution in [3.05, 3.63) is 34.4 Å². The molecule has 0 aliphatic heterocycles. The van der Waals surface area contributed by atoms with Crippen molar-refractivity contribution in [3.8, 4) is 0 Å². The lowest BCUT2D eigenvalue weighted by molar-refractivity contribution is -0.384. The van der Waals surface area contributed by atoms with Crippen molar-refractivity contribution in [1.29, 1.82) is 0 Å². The van der Waals surface area contributed by atoms with Crippen LogP contribution in [0.2, 0.25) is 0 Å². The summed E-state index contributed by atoms with van der Waals surface area (Å²) in [5.74, 6) is -1.46. The van der Waals surface area contributed by atoms with Gasteiger partial charge >= 0.3 is 5.97 Å². The number of aliphatic carboxylic acids is 1. The van der Waals surface area contributed by atoms with E-state index in [1.54, 1.807) is 12.1 Å². The summed E-state index contributed by atoms with van der Waals surface area (Å²) >= 11 is 1.26. The van der Waals surface area contributed by atoms with Gasteiger partial charge < -0.3 is 16.2 Å². The Morgan fingerprint density at radius 2 is 2.00 bits per heavy atom. The second-order valence-electron chi connectivity index (χ2n) is 3.78. The Morgan fingerprint density at radius 1 is 1.40 bits per heavy atom. The predicted octanol–water partition coefficient (Wildman–Crippen LogP) is 0.215. The molecule has 0 saturated heterocycles. The van der Waals surface area contributed by atoms with E-state index in [0.717, 1.165) is 4.90 Å². The molecule has 1 rings (SSSR count). The molecule has 0 saturated carbocycles. The van der Waals surface area contributed by atoms with Crippen LogP contribution in [-0.4, -0.2) is 40.2 Å². The number of nitrogens with zero attached hydrogens (tertiary/aromatic N) is 1. The van der Waals surface area contributed by atoms with Gasteiger partial charge in [0, 0.05) is 22.8 Å². The van der Waals surface area contributed by atoms with Gasteiger partial charge in [0.2, 0.25) is 5.91 Å². The highest BCUT2D eigenvalue weighted by Gasteiger charge is 2.14. The van der Waals surface area contributed by atoms with Crippen LogP contribution in [0.4, 0.5) is 5.69 Å². The molecular formula is C11H13N3O5S. The number of carboxylic acid groups (broad SMARTS) is 1. The van der Waals surface area contributed by atoms with E-state index in [4.69, 9.17) is 10.8 Å². The van der Waals surface area contributed by atoms with Crippen molar-refractivity contribution < 1.29 is 19.6 Å². The first-order valence-electron chi connectivity index (χ1n) is 5.52. The van der Waals surface area contributed by atoms with Gasteiger partial charge in [-0.15, -0.1) is 11.8 Å². The third kappa shape index (κ3) is 5.24. The summed E-state index contributed by atoms with van der Waals surface area (Å²) < 4.78 is 0. The Labute approximate surface area is 118 Å². The summed E-state index contributed by atoms with van der Waals surface area (Å²) in [6.45, 7) is -0.477. The number of carbonyl (C=O) groups is 2. The van der Waals surface area contributed by atoms with E-state index in [9.17, 15) is 19.7 Å². The number of hydrogen-bond donors (Lipinski definition) is 3. The standard InChI is InChI=1S/C11H13N3O5S/c12-9(11(17)13-5-10(15)16)6-20-8-3-1-7(2-4-8)14(18)19/h1-4,9H,5-6,12H2,(H,13,17)(H,15,16)/t9-/m0/s1. The molecule has 20 heavy (non-hydrogen) atoms. The summed E-state index contributed by atoms with van der Waals surface area (Å²) in [7, 11) is 0. The first kappa shape index (κ1) is 15.9. The van der Waals surface area contributed by atoms with Gasteiger partial charge in [0.25, 0.3) is 5.69 Å². The minimum Gasteiger partial charge on any atom is -0.480 e. The van der Waals surface area contributed by atoms with Crippen molar-refractivity contribution in [2.45, 2.75) is 10.9 Å². The van der Waals surface area contributed by atoms with Crippen LogP contribution in [0.5, 0.6) is 0 Å². The molecule has 1 aromatic rings. The molecule has 8 nitrogen and oxygen atoms in total. The highest BCUT2D eigenvalue weighted by Crippen LogP contribution is 2.21. The van der Waals surface area contributed by atoms with Crippen LogP contribution in [0.15, 0.2) is 29.2 Å². The lowest BCUT2D eigenvalue weighted by atomic mass is 10.3. The van der Waals surface area contributed by atoms with Crippen molar-refractivity contribution in [2.24, 2.45) is 5.73 Å². The molecule has 0 aromatic heterocycles. The number of carbonyl (C=O) groups excluding carboxylic acids is 1. The lowest BCUT2D eigenvalue weighted by Crippen LogP contribution is -2.44. The van der Waals surface area contributed by atoms with Crippen LogP contribution in [-0.2, 0) is 9.59 Å². The van der Waals surface area contributed by atoms with E-state index in [2.05, 4.69) is 5.32 Å². The summed E-state index contributed by atoms with van der Waals surface area (Å²) in [6, 6.07) is 4.99. The number of non-ortho nitro benzene ring substituents is 1. The van der Waals surface area contributed by atoms with Crippen LogP contribution in [0.1, 0.15) is 0 Å². The number of amides is 1. The van der Waals surface area contributed by atoms with Gasteiger partial charge in [-0.25, -0.2) is 0 Å². The summed E-state index contributed by atoms with van der Waals surface area (Å²) in [6.07, 6.45) is 0. The summed E-state index contributed by atoms with van der Waals surface area (Å²) in [5, 5.41) is 21.1. The normalized spacial score (nSPS) is 11.7. The van der Waals surface area contributed by atoms with E-state index < -0.39 is 29.4 Å². The van der Waals surface area contributed by atoms with E-state index >= 15 is 0 Å². The zero-order valence-corrected chi connectivity index (χ0v) is 11.1. The molecule has 1 aromatic carbocycles. The molecule has 0 heterocycles. The Balaban J connectivity index is 2.44. The fourth-order valence-electron chi connectivity index (χ4n) is 1.22. The van der Waals surface area contributed by atoms with E-state index in [1.165, 1.54) is 23.9 Å². The first-order chi connectivity index (χ1) is 9.40. The number of thioether (sulfide) groups is 1. The van der Waals surface area contributed by atoms with Gasteiger partial charge in [-0.3, -0.25) is 19.7 Å². The molecule has 0 radical (unpaired) electrons. The number of carboxylic acids is 1. The number of nitro benzene ring substituents is 1. The SMILES string of the molecule is N[C@@H](CSc1ccc([N+](=O)[O-])cc1)C(=O)NCC(=O)O. The fourth-order valence-corrected chi connectivity index (χ4v) is 2.07. The largest absolute Gasteiger partial charge is 0.480 e. The average molecular weight is 299 g/mol. The van der Waals surface area contributed by atoms with Crippen LogP contribution >= 0.6 is 11.8 Å². The van der Waals surface area contributed by atoms with Crippen molar-refractivity contribution in [1.82, 2.24) is 5.32 Å². The predicted molar refractivity (Wildman–Crippen MR) is 72.4 cm³/mol. The Morgan fingerprint density at radius 3 is 2.50 bits per heavy atom. The van der Waals surface area contributed by atoms with E-state index in [-0.39, 0.29) is 11.4 Å². The Hall–Kier alpha value is -2.13. The zero-order chi connectivity index (χ0) is 15.1. The van der Waals surface area contributed by atoms with Gasteiger partial charge in [0.15, 0.2) is 0 Å². The maximum absolute atomic E-state index is 11.4. The van der Waals surface area contributed by atoms with Crippen LogP contribution in [0.25, 0.3) is 0 Å². The van der Waals surface area contributed by atoms with Crippen molar-refractivity contribution >= 4 is 29.3 Å². The molecular weight excluding hydrogens is 286 g/mol. The lowest BCUT2D eigenvalue weighted by Gasteiger charge is -2.10. The van der Waals surface area contributed by atoms with Gasteiger partial charge in [-0.1, -0.05) is 0 Å². The molecule has 0 bridgehead atoms. The van der Waals surface area contributed by atoms with Gasteiger partial charge in [0.1, 0.15) is 6.54 Å². The summed E-state index contributed by atoms with van der Waals surface area (Å²) in [5.41, 5.74) is 5.58. The summed E-state index contributed by atoms with van der Waals surface area (Å²) in [4.78, 5) is 32.4. The van der Waals surface area contributed by atoms with Crippen molar-refractivity contribution in [2.75, 3.05) is 12.3 Å². The smallest absolute Gasteiger partial charge is 0.322 e. The minimum atomic E-state index is -1.14. The van der Waals surface area contributed by atoms with Crippen molar-refractivity contribution in [3.63, 3.8) is 0 Å². The highest BCUT2D eigenvalue weighted by atomic mass is 32.2. The topological polar surface area (TPSA) is 136 Å². The number of hydrogen-bond acceptors (Lipinski definition) is 6. The second kappa shape index (κ2) is 7.46. The molecule has 1 atom stereocenters. The maximum Gasteiger partial charge on any atom is 0.322 e. The van der Waals surface area contributed by atoms with Gasteiger partial charge in [-0.2, -0.15) is 0 Å². The molecule has 108 valence electrons. The molecule has 4 N–H and O–H groups in total. The molecule has 0 fully saturated rings. The highest BCUT2D eigenvalue weighted by molar-refractivity contribution is 7.99. The number of nitro groups is 1. The van der Waals surface area contributed by atoms with Crippen LogP contribution in [0, 0.1) is 10.1 Å². The van der Waals surface area contributed by atoms with Gasteiger partial charge in [0.05, 0.1) is 11.0 Å². The monoisotopic (exact) mass is 299 g/mol. The quantitative estimate of drug-likeness (QED) is 0.372. The van der Waals surface area contributed by atoms with Crippen LogP contribution in [0.3, 0.4) is 0 Å². The number of benzene rings is 1. The van der Waals surface area contributed by atoms with E-state index in [1.807, 2.05) is 0 Å². The molecule has 0 aliphatic carbocycles. The molecule has 0 spiro atoms.